The van der Waals surface area contributed by atoms with Gasteiger partial charge in [-0.25, -0.2) is 15.0 Å². The summed E-state index contributed by atoms with van der Waals surface area (Å²) in [5.74, 6) is 1.89. The maximum absolute atomic E-state index is 12.7. The van der Waals surface area contributed by atoms with E-state index in [4.69, 9.17) is 105 Å². The molecular formula is C89H94BBrCl6N12O13. The zero-order valence-electron chi connectivity index (χ0n) is 69.6. The lowest BCUT2D eigenvalue weighted by Gasteiger charge is -2.16. The van der Waals surface area contributed by atoms with Crippen molar-refractivity contribution in [1.29, 1.82) is 0 Å². The first-order valence-electron chi connectivity index (χ1n) is 37.9. The van der Waals surface area contributed by atoms with Crippen molar-refractivity contribution in [3.05, 3.63) is 304 Å². The molecule has 7 aromatic heterocycles. The lowest BCUT2D eigenvalue weighted by molar-refractivity contribution is -0.386. The number of nitrogens with one attached hydrogen (secondary N) is 3. The van der Waals surface area contributed by atoms with Gasteiger partial charge in [-0.3, -0.25) is 49.4 Å². The van der Waals surface area contributed by atoms with Crippen molar-refractivity contribution >= 4 is 144 Å². The molecule has 0 aliphatic rings. The topological polar surface area (TPSA) is 383 Å². The van der Waals surface area contributed by atoms with Crippen LogP contribution in [0.25, 0.3) is 44.5 Å². The van der Waals surface area contributed by atoms with Crippen molar-refractivity contribution in [2.24, 2.45) is 0 Å². The van der Waals surface area contributed by atoms with Crippen LogP contribution in [0.5, 0.6) is 17.6 Å². The Balaban J connectivity index is 0.000000225. The number of halogens is 7. The average molecular weight is 1840 g/mol. The lowest BCUT2D eigenvalue weighted by Crippen LogP contribution is -2.29. The van der Waals surface area contributed by atoms with Crippen molar-refractivity contribution in [2.75, 3.05) is 38.1 Å². The molecule has 5 aromatic carbocycles. The lowest BCUT2D eigenvalue weighted by atomic mass is 9.81. The molecule has 25 nitrogen and oxygen atoms in total. The van der Waals surface area contributed by atoms with Gasteiger partial charge in [-0.1, -0.05) is 200 Å². The van der Waals surface area contributed by atoms with Gasteiger partial charge < -0.3 is 51.0 Å². The van der Waals surface area contributed by atoms with E-state index in [0.717, 1.165) is 62.0 Å². The molecule has 0 fully saturated rings. The fourth-order valence-electron chi connectivity index (χ4n) is 11.7. The van der Waals surface area contributed by atoms with Crippen LogP contribution in [0.2, 0.25) is 30.1 Å². The number of ether oxygens (including phenoxy) is 3. The van der Waals surface area contributed by atoms with Crippen molar-refractivity contribution < 1.29 is 43.7 Å². The van der Waals surface area contributed by atoms with Crippen molar-refractivity contribution in [3.63, 3.8) is 0 Å². The first-order chi connectivity index (χ1) is 57.6. The number of carbonyl (C=O) groups excluding carboxylic acids is 2. The largest absolute Gasteiger partial charge is 0.488 e. The van der Waals surface area contributed by atoms with Gasteiger partial charge in [0.1, 0.15) is 23.0 Å². The minimum Gasteiger partial charge on any atom is -0.481 e. The molecule has 0 aliphatic heterocycles. The number of ketones is 2. The van der Waals surface area contributed by atoms with Crippen LogP contribution < -0.4 is 47.6 Å². The fraction of sp³-hybridized carbons (Fsp3) is 0.247. The second kappa shape index (κ2) is 47.9. The number of pyridine rings is 7. The van der Waals surface area contributed by atoms with Crippen LogP contribution in [0.3, 0.4) is 0 Å². The molecule has 7 heterocycles. The second-order valence-corrected chi connectivity index (χ2v) is 32.2. The van der Waals surface area contributed by atoms with Gasteiger partial charge in [-0.15, -0.1) is 0 Å². The van der Waals surface area contributed by atoms with E-state index in [1.807, 2.05) is 134 Å². The number of Topliss-reactive ketones (excluding diaryl/α,β-unsaturated/α-hetero) is 2. The van der Waals surface area contributed by atoms with Gasteiger partial charge in [0, 0.05) is 124 Å². The van der Waals surface area contributed by atoms with Crippen molar-refractivity contribution in [2.45, 2.75) is 126 Å². The summed E-state index contributed by atoms with van der Waals surface area (Å²) in [6, 6.07) is 50.8. The number of nitrogen functional groups attached to an aromatic ring is 2. The van der Waals surface area contributed by atoms with Crippen molar-refractivity contribution in [3.8, 4) is 62.1 Å². The smallest absolute Gasteiger partial charge is 0.481 e. The van der Waals surface area contributed by atoms with E-state index in [1.165, 1.54) is 46.3 Å². The maximum atomic E-state index is 12.7. The summed E-state index contributed by atoms with van der Waals surface area (Å²) in [5.41, 5.74) is 25.4. The van der Waals surface area contributed by atoms with Gasteiger partial charge in [0.25, 0.3) is 22.5 Å². The number of hydrogen-bond donors (Lipinski definition) is 7. The third kappa shape index (κ3) is 30.2. The predicted molar refractivity (Wildman–Crippen MR) is 495 cm³/mol. The minimum atomic E-state index is -1.43. The molecule has 122 heavy (non-hydrogen) atoms. The molecule has 0 spiro atoms. The number of rotatable bonds is 21. The summed E-state index contributed by atoms with van der Waals surface area (Å²) in [5, 5.41) is 46.2. The van der Waals surface area contributed by atoms with E-state index in [2.05, 4.69) is 70.0 Å². The summed E-state index contributed by atoms with van der Waals surface area (Å²) < 4.78 is 16.1. The van der Waals surface area contributed by atoms with Gasteiger partial charge in [0.15, 0.2) is 0 Å². The summed E-state index contributed by atoms with van der Waals surface area (Å²) in [6.07, 6.45) is 3.91. The third-order valence-corrected chi connectivity index (χ3v) is 19.3. The highest BCUT2D eigenvalue weighted by molar-refractivity contribution is 9.10. The summed E-state index contributed by atoms with van der Waals surface area (Å²) in [4.78, 5) is 94.9. The highest BCUT2D eigenvalue weighted by Crippen LogP contribution is 2.39. The van der Waals surface area contributed by atoms with E-state index >= 15 is 0 Å². The second-order valence-electron chi connectivity index (χ2n) is 28.7. The van der Waals surface area contributed by atoms with Crippen LogP contribution in [0.1, 0.15) is 153 Å². The van der Waals surface area contributed by atoms with Gasteiger partial charge in [-0.05, 0) is 178 Å². The van der Waals surface area contributed by atoms with Gasteiger partial charge in [0.2, 0.25) is 17.6 Å². The Morgan fingerprint density at radius 3 is 1.23 bits per heavy atom. The van der Waals surface area contributed by atoms with E-state index in [9.17, 15) is 39.4 Å². The number of nitrogens with two attached hydrogens (primary N) is 2. The molecule has 0 atom stereocenters. The number of benzene rings is 5. The maximum Gasteiger partial charge on any atom is 0.488 e. The Morgan fingerprint density at radius 1 is 0.467 bits per heavy atom. The average Bonchev–Trinajstić information content (AvgIpc) is 0.805. The fourth-order valence-corrected chi connectivity index (χ4v) is 13.3. The summed E-state index contributed by atoms with van der Waals surface area (Å²) in [6.45, 7) is 22.6. The van der Waals surface area contributed by atoms with Gasteiger partial charge in [0.05, 0.1) is 64.0 Å². The van der Waals surface area contributed by atoms with Crippen molar-refractivity contribution in [1.82, 2.24) is 34.9 Å². The van der Waals surface area contributed by atoms with E-state index < -0.39 is 17.0 Å². The molecule has 0 saturated carbocycles. The highest BCUT2D eigenvalue weighted by atomic mass is 79.9. The van der Waals surface area contributed by atoms with E-state index in [0.29, 0.717) is 109 Å². The van der Waals surface area contributed by atoms with Gasteiger partial charge >= 0.3 is 7.12 Å². The third-order valence-electron chi connectivity index (χ3n) is 17.4. The van der Waals surface area contributed by atoms with Crippen LogP contribution in [-0.2, 0) is 22.4 Å². The Labute approximate surface area is 746 Å². The van der Waals surface area contributed by atoms with Gasteiger partial charge in [-0.2, -0.15) is 0 Å². The van der Waals surface area contributed by atoms with E-state index in [-0.39, 0.29) is 70.1 Å². The van der Waals surface area contributed by atoms with Crippen LogP contribution in [0, 0.1) is 20.2 Å². The number of aromatic amines is 2. The Kier molecular flexibility index (Phi) is 39.2. The number of H-pyrrole nitrogens is 2. The molecule has 0 radical (unpaired) electrons. The molecule has 12 aromatic rings. The monoisotopic (exact) mass is 1840 g/mol. The molecule has 0 saturated heterocycles. The molecule has 12 rings (SSSR count). The Bertz CT molecular complexity index is 5760. The SMILES string of the molecule is CC(=O)Cc1cc(Cl)ccn1.CC(=O)Cc1cc(Nc2cc(-c3cccc(Cl)c3)c(=O)[nH]c2C(C)C)ccn1.CC(C)c1[nH]c(=O)c(-c2cccc(Cl)c2)cc1N.COc1nc(C(C)C)c(N)cc1-c1cccc(Cl)c1.COc1nc(C(C)C)c([N+](=O)[O-])cc1-c1cccc(Cl)c1.COc1nc(C(C)C)c([N+](=O)[O-])cc1Br.OB(O)c1cccc(Cl)c1. The molecule has 640 valence electrons. The number of aromatic nitrogens is 7. The quantitative estimate of drug-likeness (QED) is 0.0200. The molecular weight excluding hydrogens is 1750 g/mol. The number of carbonyl (C=O) groups is 2. The summed E-state index contributed by atoms with van der Waals surface area (Å²) in [7, 11) is 3.14. The summed E-state index contributed by atoms with van der Waals surface area (Å²) >= 11 is 38.4. The standard InChI is InChI=1S/C22H22ClN3O2.C15H15ClN2O3.C15H17ClN2O.C14H15ClN2O.C9H11BrN2O3.C8H8ClNO.C6H6BClO2/c1-13(2)21-20(25-17-7-8-24-18(11-17)9-14(3)27)12-19(22(28)26-21)15-5-4-6-16(23)10-15;1-9(2)14-13(18(19)20)8-12(15(17-14)21-3)10-5-4-6-11(16)7-10;1-9(2)14-13(17)8-12(15(18-14)19-3)10-5-4-6-11(16)7-10;1-8(2)13-12(16)7-11(14(18)17-13)9-4-3-5-10(15)6-9;1-5(2)8-7(12(13)14)4-6(10)9(11-8)15-3;1-6(11)4-8-5-7(9)2-3-10-8;8-6-3-1-2-5(4-6)7(9)10/h4-8,10-13H,9H2,1-3H3,(H,24,25)(H,26,28);4-9H,1-3H3;4-9H,17H2,1-3H3;3-8H,16H2,1-2H3,(H,17,18);4-5H,1-3H3;2-3,5H,4H2,1H3;1-4,9-10H. The van der Waals surface area contributed by atoms with Crippen LogP contribution in [-0.4, -0.2) is 94.8 Å². The number of nitrogens with zero attached hydrogens (tertiary/aromatic N) is 7. The molecule has 0 unspecified atom stereocenters. The number of nitro groups is 2. The first kappa shape index (κ1) is 99.7. The van der Waals surface area contributed by atoms with Crippen LogP contribution in [0.4, 0.5) is 34.1 Å². The van der Waals surface area contributed by atoms with Crippen LogP contribution in [0.15, 0.2) is 202 Å². The Morgan fingerprint density at radius 2 is 0.836 bits per heavy atom. The van der Waals surface area contributed by atoms with Crippen LogP contribution >= 0.6 is 85.5 Å². The molecule has 9 N–H and O–H groups in total. The molecule has 0 aliphatic carbocycles. The minimum absolute atomic E-state index is 0.0117. The highest BCUT2D eigenvalue weighted by Gasteiger charge is 2.26. The number of methoxy groups -OCH3 is 3. The Hall–Kier alpha value is -11.1. The number of hydrogen-bond acceptors (Lipinski definition) is 21. The number of anilines is 4. The molecule has 33 heteroatoms. The first-order valence-corrected chi connectivity index (χ1v) is 40.9. The zero-order valence-corrected chi connectivity index (χ0v) is 75.7. The molecule has 0 bridgehead atoms. The normalized spacial score (nSPS) is 10.6. The zero-order chi connectivity index (χ0) is 90.5. The predicted octanol–water partition coefficient (Wildman–Crippen LogP) is 21.8. The molecule has 0 amide bonds. The van der Waals surface area contributed by atoms with E-state index in [1.54, 1.807) is 98.4 Å².